The van der Waals surface area contributed by atoms with Crippen LogP contribution in [0.5, 0.6) is 0 Å². The Bertz CT molecular complexity index is 846. The van der Waals surface area contributed by atoms with Crippen LogP contribution in [0.25, 0.3) is 10.9 Å². The molecule has 1 amide bonds. The largest absolute Gasteiger partial charge is 0.389 e. The summed E-state index contributed by atoms with van der Waals surface area (Å²) >= 11 is 0. The van der Waals surface area contributed by atoms with Crippen molar-refractivity contribution in [2.45, 2.75) is 44.1 Å². The average molecular weight is 382 g/mol. The number of hydrogen-bond donors (Lipinski definition) is 1. The highest BCUT2D eigenvalue weighted by atomic mass is 16.3. The molecule has 0 radical (unpaired) electrons. The van der Waals surface area contributed by atoms with Gasteiger partial charge in [0.25, 0.3) is 5.91 Å². The van der Waals surface area contributed by atoms with E-state index in [1.165, 1.54) is 0 Å². The summed E-state index contributed by atoms with van der Waals surface area (Å²) in [7, 11) is 4.04. The van der Waals surface area contributed by atoms with E-state index in [0.717, 1.165) is 69.1 Å². The number of carbonyl (C=O) groups is 1. The summed E-state index contributed by atoms with van der Waals surface area (Å²) in [6.45, 7) is 2.32. The SMILES string of the molecule is CN(C)CC1(O)CCC2(CCN(C(=O)c3ccc4ccccc4n3)CC2)CC1. The molecular formula is C23H31N3O2. The first kappa shape index (κ1) is 19.3. The van der Waals surface area contributed by atoms with Crippen LogP contribution in [0.4, 0.5) is 0 Å². The molecule has 5 heteroatoms. The van der Waals surface area contributed by atoms with Crippen LogP contribution in [-0.2, 0) is 0 Å². The minimum Gasteiger partial charge on any atom is -0.389 e. The number of para-hydroxylation sites is 1. The lowest BCUT2D eigenvalue weighted by Crippen LogP contribution is -2.49. The number of benzene rings is 1. The number of pyridine rings is 1. The van der Waals surface area contributed by atoms with Gasteiger partial charge in [0.1, 0.15) is 5.69 Å². The van der Waals surface area contributed by atoms with E-state index in [-0.39, 0.29) is 5.91 Å². The van der Waals surface area contributed by atoms with Crippen molar-refractivity contribution in [3.8, 4) is 0 Å². The van der Waals surface area contributed by atoms with Crippen molar-refractivity contribution in [1.82, 2.24) is 14.8 Å². The standard InChI is InChI=1S/C23H31N3O2/c1-25(2)17-23(28)11-9-22(10-12-23)13-15-26(16-14-22)21(27)20-8-7-18-5-3-4-6-19(18)24-20/h3-8,28H,9-17H2,1-2H3. The van der Waals surface area contributed by atoms with Gasteiger partial charge in [0, 0.05) is 25.0 Å². The van der Waals surface area contributed by atoms with Gasteiger partial charge < -0.3 is 14.9 Å². The molecule has 0 atom stereocenters. The molecule has 2 aromatic rings. The maximum Gasteiger partial charge on any atom is 0.272 e. The molecule has 4 rings (SSSR count). The Kier molecular flexibility index (Phi) is 5.15. The number of aliphatic hydroxyl groups is 1. The van der Waals surface area contributed by atoms with Crippen molar-refractivity contribution in [2.24, 2.45) is 5.41 Å². The summed E-state index contributed by atoms with van der Waals surface area (Å²) < 4.78 is 0. The molecule has 0 bridgehead atoms. The van der Waals surface area contributed by atoms with Gasteiger partial charge in [-0.3, -0.25) is 4.79 Å². The van der Waals surface area contributed by atoms with Crippen molar-refractivity contribution in [3.63, 3.8) is 0 Å². The molecule has 1 aromatic carbocycles. The van der Waals surface area contributed by atoms with E-state index in [9.17, 15) is 9.90 Å². The summed E-state index contributed by atoms with van der Waals surface area (Å²) in [5.74, 6) is 0.0422. The molecule has 150 valence electrons. The van der Waals surface area contributed by atoms with Crippen LogP contribution in [0.2, 0.25) is 0 Å². The van der Waals surface area contributed by atoms with Gasteiger partial charge >= 0.3 is 0 Å². The Labute approximate surface area is 167 Å². The zero-order valence-electron chi connectivity index (χ0n) is 17.0. The third kappa shape index (κ3) is 3.91. The molecule has 2 heterocycles. The molecule has 5 nitrogen and oxygen atoms in total. The lowest BCUT2D eigenvalue weighted by atomic mass is 9.64. The minimum absolute atomic E-state index is 0.0422. The molecule has 2 aliphatic rings. The normalized spacial score (nSPS) is 21.4. The predicted molar refractivity (Wildman–Crippen MR) is 111 cm³/mol. The topological polar surface area (TPSA) is 56.7 Å². The second-order valence-corrected chi connectivity index (χ2v) is 9.14. The van der Waals surface area contributed by atoms with E-state index in [1.54, 1.807) is 0 Å². The van der Waals surface area contributed by atoms with Crippen LogP contribution in [0.3, 0.4) is 0 Å². The summed E-state index contributed by atoms with van der Waals surface area (Å²) in [6, 6.07) is 11.7. The maximum absolute atomic E-state index is 13.0. The van der Waals surface area contributed by atoms with Crippen LogP contribution in [0.15, 0.2) is 36.4 Å². The van der Waals surface area contributed by atoms with E-state index in [2.05, 4.69) is 9.88 Å². The number of amides is 1. The highest BCUT2D eigenvalue weighted by Crippen LogP contribution is 2.47. The van der Waals surface area contributed by atoms with Crippen LogP contribution >= 0.6 is 0 Å². The first-order valence-electron chi connectivity index (χ1n) is 10.4. The van der Waals surface area contributed by atoms with E-state index < -0.39 is 5.60 Å². The van der Waals surface area contributed by atoms with Gasteiger partial charge in [-0.25, -0.2) is 4.98 Å². The lowest BCUT2D eigenvalue weighted by molar-refractivity contribution is -0.0616. The number of fused-ring (bicyclic) bond motifs is 1. The third-order valence-electron chi connectivity index (χ3n) is 6.78. The maximum atomic E-state index is 13.0. The molecule has 1 aromatic heterocycles. The zero-order chi connectivity index (χ0) is 19.8. The fourth-order valence-electron chi connectivity index (χ4n) is 5.02. The van der Waals surface area contributed by atoms with Gasteiger partial charge in [0.15, 0.2) is 0 Å². The summed E-state index contributed by atoms with van der Waals surface area (Å²) in [6.07, 6.45) is 5.92. The molecule has 28 heavy (non-hydrogen) atoms. The second kappa shape index (κ2) is 7.45. The summed E-state index contributed by atoms with van der Waals surface area (Å²) in [4.78, 5) is 21.6. The number of rotatable bonds is 3. The van der Waals surface area contributed by atoms with Crippen molar-refractivity contribution >= 4 is 16.8 Å². The molecule has 1 saturated carbocycles. The zero-order valence-corrected chi connectivity index (χ0v) is 17.0. The molecule has 1 saturated heterocycles. The Morgan fingerprint density at radius 2 is 1.71 bits per heavy atom. The van der Waals surface area contributed by atoms with Gasteiger partial charge in [0.05, 0.1) is 11.1 Å². The van der Waals surface area contributed by atoms with Crippen LogP contribution in [-0.4, -0.2) is 65.1 Å². The van der Waals surface area contributed by atoms with Gasteiger partial charge in [0.2, 0.25) is 0 Å². The monoisotopic (exact) mass is 381 g/mol. The van der Waals surface area contributed by atoms with Crippen molar-refractivity contribution < 1.29 is 9.90 Å². The van der Waals surface area contributed by atoms with Crippen LogP contribution < -0.4 is 0 Å². The van der Waals surface area contributed by atoms with E-state index in [0.29, 0.717) is 11.1 Å². The van der Waals surface area contributed by atoms with Crippen molar-refractivity contribution in [2.75, 3.05) is 33.7 Å². The molecule has 0 unspecified atom stereocenters. The smallest absolute Gasteiger partial charge is 0.272 e. The number of nitrogens with zero attached hydrogens (tertiary/aromatic N) is 3. The van der Waals surface area contributed by atoms with E-state index >= 15 is 0 Å². The Morgan fingerprint density at radius 3 is 2.39 bits per heavy atom. The first-order chi connectivity index (χ1) is 13.4. The summed E-state index contributed by atoms with van der Waals surface area (Å²) in [5.41, 5.74) is 1.16. The van der Waals surface area contributed by atoms with Crippen molar-refractivity contribution in [3.05, 3.63) is 42.1 Å². The summed E-state index contributed by atoms with van der Waals surface area (Å²) in [5, 5.41) is 11.9. The van der Waals surface area contributed by atoms with Crippen LogP contribution in [0.1, 0.15) is 49.0 Å². The third-order valence-corrected chi connectivity index (χ3v) is 6.78. The molecule has 1 N–H and O–H groups in total. The quantitative estimate of drug-likeness (QED) is 0.886. The number of hydrogen-bond acceptors (Lipinski definition) is 4. The van der Waals surface area contributed by atoms with Crippen molar-refractivity contribution in [1.29, 1.82) is 0 Å². The molecule has 1 aliphatic heterocycles. The Morgan fingerprint density at radius 1 is 1.04 bits per heavy atom. The molecule has 2 fully saturated rings. The highest BCUT2D eigenvalue weighted by Gasteiger charge is 2.44. The fourth-order valence-corrected chi connectivity index (χ4v) is 5.02. The van der Waals surface area contributed by atoms with E-state index in [4.69, 9.17) is 0 Å². The van der Waals surface area contributed by atoms with E-state index in [1.807, 2.05) is 55.4 Å². The first-order valence-corrected chi connectivity index (χ1v) is 10.4. The number of likely N-dealkylation sites (N-methyl/N-ethyl adjacent to an activating group) is 1. The fraction of sp³-hybridized carbons (Fsp3) is 0.565. The van der Waals surface area contributed by atoms with Gasteiger partial charge in [-0.15, -0.1) is 0 Å². The molecule has 1 spiro atoms. The number of piperidine rings is 1. The molecular weight excluding hydrogens is 350 g/mol. The number of aromatic nitrogens is 1. The highest BCUT2D eigenvalue weighted by molar-refractivity contribution is 5.95. The average Bonchev–Trinajstić information content (AvgIpc) is 2.70. The van der Waals surface area contributed by atoms with Crippen LogP contribution in [0, 0.1) is 5.41 Å². The second-order valence-electron chi connectivity index (χ2n) is 9.14. The minimum atomic E-state index is -0.545. The predicted octanol–water partition coefficient (Wildman–Crippen LogP) is 3.32. The Balaban J connectivity index is 1.38. The van der Waals surface area contributed by atoms with Gasteiger partial charge in [-0.2, -0.15) is 0 Å². The molecule has 1 aliphatic carbocycles. The Hall–Kier alpha value is -1.98. The van der Waals surface area contributed by atoms with Gasteiger partial charge in [-0.1, -0.05) is 24.3 Å². The lowest BCUT2D eigenvalue weighted by Gasteiger charge is -2.48. The van der Waals surface area contributed by atoms with Gasteiger partial charge in [-0.05, 0) is 70.2 Å². The number of likely N-dealkylation sites (tertiary alicyclic amines) is 1. The number of carbonyl (C=O) groups excluding carboxylic acids is 1.